The quantitative estimate of drug-likeness (QED) is 0.931. The van der Waals surface area contributed by atoms with E-state index in [0.717, 1.165) is 23.3 Å². The Labute approximate surface area is 135 Å². The molecular formula is C17H18ClNO3. The second-order valence-electron chi connectivity index (χ2n) is 4.96. The first-order chi connectivity index (χ1) is 10.3. The first-order valence-corrected chi connectivity index (χ1v) is 7.01. The number of cyclic esters (lactones) is 1. The summed E-state index contributed by atoms with van der Waals surface area (Å²) < 4.78 is 10.6. The molecule has 1 atom stereocenters. The Morgan fingerprint density at radius 1 is 1.09 bits per heavy atom. The maximum Gasteiger partial charge on any atom is 0.407 e. The molecule has 116 valence electrons. The standard InChI is InChI=1S/C17H17NO3.ClH/c19-17-18-16(10-11-20-17)14-6-8-15(9-7-14)21-12-13-4-2-1-3-5-13;/h1-9,16H,10-12H2,(H,18,19);1H/t16-;/m1./s1. The highest BCUT2D eigenvalue weighted by Gasteiger charge is 2.20. The molecule has 1 N–H and O–H groups in total. The number of ether oxygens (including phenoxy) is 2. The smallest absolute Gasteiger partial charge is 0.407 e. The lowest BCUT2D eigenvalue weighted by Gasteiger charge is -2.23. The number of amides is 1. The maximum absolute atomic E-state index is 11.2. The molecule has 0 radical (unpaired) electrons. The predicted octanol–water partition coefficient (Wildman–Crippen LogP) is 3.86. The van der Waals surface area contributed by atoms with Crippen LogP contribution in [0.25, 0.3) is 0 Å². The summed E-state index contributed by atoms with van der Waals surface area (Å²) in [7, 11) is 0. The molecule has 2 aromatic rings. The van der Waals surface area contributed by atoms with Crippen LogP contribution in [-0.2, 0) is 11.3 Å². The molecule has 1 aliphatic rings. The summed E-state index contributed by atoms with van der Waals surface area (Å²) in [6, 6.07) is 17.9. The summed E-state index contributed by atoms with van der Waals surface area (Å²) in [5, 5.41) is 2.81. The topological polar surface area (TPSA) is 47.6 Å². The minimum atomic E-state index is -0.351. The predicted molar refractivity (Wildman–Crippen MR) is 86.3 cm³/mol. The zero-order valence-corrected chi connectivity index (χ0v) is 12.8. The Morgan fingerprint density at radius 3 is 2.50 bits per heavy atom. The molecule has 3 rings (SSSR count). The fraction of sp³-hybridized carbons (Fsp3) is 0.235. The largest absolute Gasteiger partial charge is 0.489 e. The molecule has 4 nitrogen and oxygen atoms in total. The van der Waals surface area contributed by atoms with Crippen LogP contribution in [0, 0.1) is 0 Å². The molecule has 0 spiro atoms. The number of hydrogen-bond donors (Lipinski definition) is 1. The maximum atomic E-state index is 11.2. The van der Waals surface area contributed by atoms with Gasteiger partial charge in [-0.15, -0.1) is 12.4 Å². The highest BCUT2D eigenvalue weighted by Crippen LogP contribution is 2.23. The van der Waals surface area contributed by atoms with Crippen molar-refractivity contribution in [3.63, 3.8) is 0 Å². The number of nitrogens with one attached hydrogen (secondary N) is 1. The van der Waals surface area contributed by atoms with E-state index in [4.69, 9.17) is 9.47 Å². The van der Waals surface area contributed by atoms with Gasteiger partial charge in [0.15, 0.2) is 0 Å². The lowest BCUT2D eigenvalue weighted by Crippen LogP contribution is -2.35. The van der Waals surface area contributed by atoms with Crippen molar-refractivity contribution < 1.29 is 14.3 Å². The Hall–Kier alpha value is -2.20. The van der Waals surface area contributed by atoms with Crippen molar-refractivity contribution in [1.82, 2.24) is 5.32 Å². The first-order valence-electron chi connectivity index (χ1n) is 7.01. The number of benzene rings is 2. The molecule has 22 heavy (non-hydrogen) atoms. The molecule has 0 aromatic heterocycles. The van der Waals surface area contributed by atoms with Crippen molar-refractivity contribution in [2.24, 2.45) is 0 Å². The van der Waals surface area contributed by atoms with Crippen LogP contribution in [0.1, 0.15) is 23.6 Å². The van der Waals surface area contributed by atoms with Crippen LogP contribution in [0.4, 0.5) is 4.79 Å². The summed E-state index contributed by atoms with van der Waals surface area (Å²) in [5.74, 6) is 0.820. The van der Waals surface area contributed by atoms with Gasteiger partial charge in [0.2, 0.25) is 0 Å². The van der Waals surface area contributed by atoms with E-state index >= 15 is 0 Å². The molecule has 5 heteroatoms. The van der Waals surface area contributed by atoms with Gasteiger partial charge in [-0.05, 0) is 23.3 Å². The highest BCUT2D eigenvalue weighted by atomic mass is 35.5. The zero-order valence-electron chi connectivity index (χ0n) is 12.0. The third-order valence-corrected chi connectivity index (χ3v) is 3.46. The van der Waals surface area contributed by atoms with E-state index in [9.17, 15) is 4.79 Å². The number of carbonyl (C=O) groups excluding carboxylic acids is 1. The van der Waals surface area contributed by atoms with E-state index < -0.39 is 0 Å². The summed E-state index contributed by atoms with van der Waals surface area (Å²) in [6.07, 6.45) is 0.436. The summed E-state index contributed by atoms with van der Waals surface area (Å²) >= 11 is 0. The van der Waals surface area contributed by atoms with Gasteiger partial charge in [-0.25, -0.2) is 4.79 Å². The van der Waals surface area contributed by atoms with E-state index in [1.165, 1.54) is 0 Å². The number of hydrogen-bond acceptors (Lipinski definition) is 3. The summed E-state index contributed by atoms with van der Waals surface area (Å²) in [5.41, 5.74) is 2.21. The molecule has 0 aliphatic carbocycles. The van der Waals surface area contributed by atoms with Crippen molar-refractivity contribution >= 4 is 18.5 Å². The zero-order chi connectivity index (χ0) is 14.5. The second kappa shape index (κ2) is 7.71. The number of carbonyl (C=O) groups is 1. The number of alkyl carbamates (subject to hydrolysis) is 1. The molecule has 0 unspecified atom stereocenters. The van der Waals surface area contributed by atoms with Crippen molar-refractivity contribution in [3.8, 4) is 5.75 Å². The van der Waals surface area contributed by atoms with Gasteiger partial charge in [-0.3, -0.25) is 0 Å². The molecule has 1 saturated heterocycles. The second-order valence-corrected chi connectivity index (χ2v) is 4.96. The number of halogens is 1. The Morgan fingerprint density at radius 2 is 1.82 bits per heavy atom. The van der Waals surface area contributed by atoms with Crippen molar-refractivity contribution in [1.29, 1.82) is 0 Å². The van der Waals surface area contributed by atoms with E-state index in [-0.39, 0.29) is 24.5 Å². The van der Waals surface area contributed by atoms with Gasteiger partial charge in [0, 0.05) is 6.42 Å². The molecule has 1 aliphatic heterocycles. The first kappa shape index (κ1) is 16.2. The minimum absolute atomic E-state index is 0. The normalized spacial score (nSPS) is 16.9. The fourth-order valence-corrected chi connectivity index (χ4v) is 2.31. The summed E-state index contributed by atoms with van der Waals surface area (Å²) in [6.45, 7) is 1.01. The third kappa shape index (κ3) is 4.15. The van der Waals surface area contributed by atoms with Crippen LogP contribution < -0.4 is 10.1 Å². The lowest BCUT2D eigenvalue weighted by atomic mass is 10.0. The van der Waals surface area contributed by atoms with Crippen molar-refractivity contribution in [2.45, 2.75) is 19.1 Å². The van der Waals surface area contributed by atoms with Gasteiger partial charge in [0.25, 0.3) is 0 Å². The van der Waals surface area contributed by atoms with Crippen LogP contribution in [0.15, 0.2) is 54.6 Å². The Balaban J connectivity index is 0.00000176. The van der Waals surface area contributed by atoms with Gasteiger partial charge in [0.05, 0.1) is 12.6 Å². The molecule has 1 amide bonds. The van der Waals surface area contributed by atoms with Crippen molar-refractivity contribution in [3.05, 3.63) is 65.7 Å². The molecule has 2 aromatic carbocycles. The Kier molecular flexibility index (Phi) is 5.67. The third-order valence-electron chi connectivity index (χ3n) is 3.46. The number of rotatable bonds is 4. The Bertz CT molecular complexity index is 601. The molecule has 0 saturated carbocycles. The summed E-state index contributed by atoms with van der Waals surface area (Å²) in [4.78, 5) is 11.2. The SMILES string of the molecule is Cl.O=C1N[C@@H](c2ccc(OCc3ccccc3)cc2)CCO1. The van der Waals surface area contributed by atoms with Crippen molar-refractivity contribution in [2.75, 3.05) is 6.61 Å². The average Bonchev–Trinajstić information content (AvgIpc) is 2.54. The average molecular weight is 320 g/mol. The van der Waals surface area contributed by atoms with Crippen LogP contribution in [0.5, 0.6) is 5.75 Å². The molecule has 1 fully saturated rings. The highest BCUT2D eigenvalue weighted by molar-refractivity contribution is 5.85. The van der Waals surface area contributed by atoms with Gasteiger partial charge >= 0.3 is 6.09 Å². The van der Waals surface area contributed by atoms with E-state index in [1.807, 2.05) is 54.6 Å². The van der Waals surface area contributed by atoms with E-state index in [2.05, 4.69) is 5.32 Å². The van der Waals surface area contributed by atoms with Crippen LogP contribution in [-0.4, -0.2) is 12.7 Å². The van der Waals surface area contributed by atoms with E-state index in [1.54, 1.807) is 0 Å². The molecule has 1 heterocycles. The van der Waals surface area contributed by atoms with Crippen LogP contribution in [0.2, 0.25) is 0 Å². The fourth-order valence-electron chi connectivity index (χ4n) is 2.31. The monoisotopic (exact) mass is 319 g/mol. The minimum Gasteiger partial charge on any atom is -0.489 e. The van der Waals surface area contributed by atoms with Crippen LogP contribution >= 0.6 is 12.4 Å². The molecular weight excluding hydrogens is 302 g/mol. The van der Waals surface area contributed by atoms with Gasteiger partial charge in [-0.2, -0.15) is 0 Å². The van der Waals surface area contributed by atoms with Gasteiger partial charge in [-0.1, -0.05) is 42.5 Å². The van der Waals surface area contributed by atoms with E-state index in [0.29, 0.717) is 13.2 Å². The van der Waals surface area contributed by atoms with Gasteiger partial charge < -0.3 is 14.8 Å². The van der Waals surface area contributed by atoms with Gasteiger partial charge in [0.1, 0.15) is 12.4 Å². The van der Waals surface area contributed by atoms with Crippen LogP contribution in [0.3, 0.4) is 0 Å². The molecule has 0 bridgehead atoms. The lowest BCUT2D eigenvalue weighted by molar-refractivity contribution is 0.115.